The minimum atomic E-state index is 0.0104. The maximum absolute atomic E-state index is 12.5. The standard InChI is InChI=1S/C23H31NO4/c1-23(2,3)18-10-12-19(13-11-18)28-15-14-21(25)24(4)16-17-8-7-9-20(26-5)22(17)27-6/h7-13H,14-16H2,1-6H3. The van der Waals surface area contributed by atoms with E-state index in [1.165, 1.54) is 5.56 Å². The topological polar surface area (TPSA) is 48.0 Å². The van der Waals surface area contributed by atoms with E-state index in [0.717, 1.165) is 11.3 Å². The molecule has 2 rings (SSSR count). The third kappa shape index (κ3) is 5.65. The Kier molecular flexibility index (Phi) is 7.32. The van der Waals surface area contributed by atoms with Gasteiger partial charge in [-0.25, -0.2) is 0 Å². The van der Waals surface area contributed by atoms with Crippen molar-refractivity contribution in [1.82, 2.24) is 4.90 Å². The van der Waals surface area contributed by atoms with Crippen molar-refractivity contribution in [3.8, 4) is 17.2 Å². The van der Waals surface area contributed by atoms with Crippen LogP contribution in [0.15, 0.2) is 42.5 Å². The molecule has 0 radical (unpaired) electrons. The molecule has 1 amide bonds. The van der Waals surface area contributed by atoms with Crippen molar-refractivity contribution >= 4 is 5.91 Å². The summed E-state index contributed by atoms with van der Waals surface area (Å²) >= 11 is 0. The van der Waals surface area contributed by atoms with Crippen LogP contribution in [-0.4, -0.2) is 38.7 Å². The molecule has 0 bridgehead atoms. The molecule has 5 nitrogen and oxygen atoms in total. The number of rotatable bonds is 8. The van der Waals surface area contributed by atoms with E-state index in [2.05, 4.69) is 32.9 Å². The zero-order valence-corrected chi connectivity index (χ0v) is 17.7. The number of ether oxygens (including phenoxy) is 3. The average Bonchev–Trinajstić information content (AvgIpc) is 2.67. The smallest absolute Gasteiger partial charge is 0.226 e. The van der Waals surface area contributed by atoms with Crippen molar-refractivity contribution in [2.75, 3.05) is 27.9 Å². The summed E-state index contributed by atoms with van der Waals surface area (Å²) in [5.74, 6) is 2.09. The van der Waals surface area contributed by atoms with Crippen molar-refractivity contribution < 1.29 is 19.0 Å². The van der Waals surface area contributed by atoms with Crippen molar-refractivity contribution in [2.45, 2.75) is 39.2 Å². The molecule has 0 aliphatic carbocycles. The van der Waals surface area contributed by atoms with E-state index in [0.29, 0.717) is 31.1 Å². The lowest BCUT2D eigenvalue weighted by Crippen LogP contribution is -2.27. The maximum atomic E-state index is 12.5. The van der Waals surface area contributed by atoms with E-state index in [1.807, 2.05) is 30.3 Å². The quantitative estimate of drug-likeness (QED) is 0.674. The molecule has 0 atom stereocenters. The van der Waals surface area contributed by atoms with Crippen LogP contribution in [0.4, 0.5) is 0 Å². The third-order valence-electron chi connectivity index (χ3n) is 4.62. The molecule has 0 spiro atoms. The summed E-state index contributed by atoms with van der Waals surface area (Å²) in [6.45, 7) is 7.31. The Labute approximate surface area is 168 Å². The Hall–Kier alpha value is -2.69. The van der Waals surface area contributed by atoms with Gasteiger partial charge in [0, 0.05) is 19.2 Å². The molecule has 0 saturated carbocycles. The van der Waals surface area contributed by atoms with Crippen LogP contribution >= 0.6 is 0 Å². The van der Waals surface area contributed by atoms with Gasteiger partial charge < -0.3 is 19.1 Å². The normalized spacial score (nSPS) is 11.1. The van der Waals surface area contributed by atoms with E-state index in [1.54, 1.807) is 26.2 Å². The minimum Gasteiger partial charge on any atom is -0.493 e. The van der Waals surface area contributed by atoms with Crippen LogP contribution in [-0.2, 0) is 16.8 Å². The first kappa shape index (κ1) is 21.6. The second-order valence-corrected chi connectivity index (χ2v) is 7.78. The maximum Gasteiger partial charge on any atom is 0.226 e. The fraction of sp³-hybridized carbons (Fsp3) is 0.435. The van der Waals surface area contributed by atoms with Crippen LogP contribution in [0.1, 0.15) is 38.3 Å². The molecule has 2 aromatic rings. The molecule has 0 aliphatic rings. The van der Waals surface area contributed by atoms with Crippen molar-refractivity contribution in [3.63, 3.8) is 0 Å². The number of methoxy groups -OCH3 is 2. The number of amides is 1. The average molecular weight is 386 g/mol. The number of nitrogens with zero attached hydrogens (tertiary/aromatic N) is 1. The highest BCUT2D eigenvalue weighted by Gasteiger charge is 2.16. The monoisotopic (exact) mass is 385 g/mol. The molecule has 0 unspecified atom stereocenters. The van der Waals surface area contributed by atoms with Gasteiger partial charge in [0.1, 0.15) is 5.75 Å². The Morgan fingerprint density at radius 1 is 1.00 bits per heavy atom. The summed E-state index contributed by atoms with van der Waals surface area (Å²) in [7, 11) is 4.98. The first-order valence-corrected chi connectivity index (χ1v) is 9.43. The van der Waals surface area contributed by atoms with E-state index >= 15 is 0 Å². The van der Waals surface area contributed by atoms with Crippen molar-refractivity contribution in [1.29, 1.82) is 0 Å². The van der Waals surface area contributed by atoms with Gasteiger partial charge in [0.15, 0.2) is 11.5 Å². The van der Waals surface area contributed by atoms with Gasteiger partial charge in [-0.15, -0.1) is 0 Å². The lowest BCUT2D eigenvalue weighted by atomic mass is 9.87. The molecule has 2 aromatic carbocycles. The van der Waals surface area contributed by atoms with Crippen LogP contribution in [0.25, 0.3) is 0 Å². The lowest BCUT2D eigenvalue weighted by molar-refractivity contribution is -0.130. The number of carbonyl (C=O) groups excluding carboxylic acids is 1. The number of para-hydroxylation sites is 1. The zero-order chi connectivity index (χ0) is 20.7. The van der Waals surface area contributed by atoms with Crippen LogP contribution < -0.4 is 14.2 Å². The molecule has 28 heavy (non-hydrogen) atoms. The number of hydrogen-bond donors (Lipinski definition) is 0. The summed E-state index contributed by atoms with van der Waals surface area (Å²) in [5, 5.41) is 0. The highest BCUT2D eigenvalue weighted by molar-refractivity contribution is 5.76. The molecule has 152 valence electrons. The summed E-state index contributed by atoms with van der Waals surface area (Å²) in [4.78, 5) is 14.1. The van der Waals surface area contributed by atoms with Gasteiger partial charge in [-0.3, -0.25) is 4.79 Å². The van der Waals surface area contributed by atoms with Gasteiger partial charge in [0.2, 0.25) is 5.91 Å². The van der Waals surface area contributed by atoms with E-state index in [4.69, 9.17) is 14.2 Å². The SMILES string of the molecule is COc1cccc(CN(C)C(=O)CCOc2ccc(C(C)(C)C)cc2)c1OC. The minimum absolute atomic E-state index is 0.0104. The second kappa shape index (κ2) is 9.49. The summed E-state index contributed by atoms with van der Waals surface area (Å²) in [6.07, 6.45) is 0.309. The van der Waals surface area contributed by atoms with Gasteiger partial charge >= 0.3 is 0 Å². The van der Waals surface area contributed by atoms with E-state index < -0.39 is 0 Å². The first-order chi connectivity index (χ1) is 13.3. The zero-order valence-electron chi connectivity index (χ0n) is 17.7. The third-order valence-corrected chi connectivity index (χ3v) is 4.62. The van der Waals surface area contributed by atoms with E-state index in [-0.39, 0.29) is 11.3 Å². The summed E-state index contributed by atoms with van der Waals surface area (Å²) in [5.41, 5.74) is 2.26. The fourth-order valence-electron chi connectivity index (χ4n) is 2.92. The largest absolute Gasteiger partial charge is 0.493 e. The Bertz CT molecular complexity index is 778. The molecule has 0 aromatic heterocycles. The highest BCUT2D eigenvalue weighted by atomic mass is 16.5. The molecular weight excluding hydrogens is 354 g/mol. The van der Waals surface area contributed by atoms with Crippen LogP contribution in [0, 0.1) is 0 Å². The molecule has 0 saturated heterocycles. The first-order valence-electron chi connectivity index (χ1n) is 9.43. The van der Waals surface area contributed by atoms with E-state index in [9.17, 15) is 4.79 Å². The van der Waals surface area contributed by atoms with Crippen molar-refractivity contribution in [3.05, 3.63) is 53.6 Å². The van der Waals surface area contributed by atoms with Gasteiger partial charge in [-0.2, -0.15) is 0 Å². The molecular formula is C23H31NO4. The van der Waals surface area contributed by atoms with Crippen LogP contribution in [0.3, 0.4) is 0 Å². The Morgan fingerprint density at radius 2 is 1.68 bits per heavy atom. The highest BCUT2D eigenvalue weighted by Crippen LogP contribution is 2.31. The molecule has 0 aliphatic heterocycles. The number of hydrogen-bond acceptors (Lipinski definition) is 4. The number of benzene rings is 2. The predicted octanol–water partition coefficient (Wildman–Crippen LogP) is 4.43. The van der Waals surface area contributed by atoms with Crippen LogP contribution in [0.5, 0.6) is 17.2 Å². The summed E-state index contributed by atoms with van der Waals surface area (Å²) in [6, 6.07) is 13.7. The number of carbonyl (C=O) groups is 1. The molecule has 5 heteroatoms. The lowest BCUT2D eigenvalue weighted by Gasteiger charge is -2.20. The molecule has 0 N–H and O–H groups in total. The Morgan fingerprint density at radius 3 is 2.25 bits per heavy atom. The predicted molar refractivity (Wildman–Crippen MR) is 111 cm³/mol. The molecule has 0 fully saturated rings. The molecule has 0 heterocycles. The fourth-order valence-corrected chi connectivity index (χ4v) is 2.92. The van der Waals surface area contributed by atoms with Gasteiger partial charge in [-0.1, -0.05) is 45.0 Å². The van der Waals surface area contributed by atoms with Crippen LogP contribution in [0.2, 0.25) is 0 Å². The van der Waals surface area contributed by atoms with Gasteiger partial charge in [0.05, 0.1) is 27.2 Å². The Balaban J connectivity index is 1.88. The summed E-state index contributed by atoms with van der Waals surface area (Å²) < 4.78 is 16.5. The van der Waals surface area contributed by atoms with Gasteiger partial charge in [-0.05, 0) is 29.2 Å². The van der Waals surface area contributed by atoms with Crippen molar-refractivity contribution in [2.24, 2.45) is 0 Å². The van der Waals surface area contributed by atoms with Gasteiger partial charge in [0.25, 0.3) is 0 Å². The second-order valence-electron chi connectivity index (χ2n) is 7.78.